The Morgan fingerprint density at radius 2 is 2.35 bits per heavy atom. The highest BCUT2D eigenvalue weighted by Gasteiger charge is 2.18. The second kappa shape index (κ2) is 5.05. The third-order valence-electron chi connectivity index (χ3n) is 2.78. The van der Waals surface area contributed by atoms with Gasteiger partial charge in [0.1, 0.15) is 17.4 Å². The summed E-state index contributed by atoms with van der Waals surface area (Å²) in [4.78, 5) is 11.1. The molecule has 0 saturated carbocycles. The van der Waals surface area contributed by atoms with Gasteiger partial charge in [0.15, 0.2) is 0 Å². The lowest BCUT2D eigenvalue weighted by Crippen LogP contribution is -2.37. The first-order valence-electron chi connectivity index (χ1n) is 5.67. The van der Waals surface area contributed by atoms with E-state index >= 15 is 0 Å². The van der Waals surface area contributed by atoms with Gasteiger partial charge in [-0.15, -0.1) is 0 Å². The summed E-state index contributed by atoms with van der Waals surface area (Å²) in [6, 6.07) is 4.69. The van der Waals surface area contributed by atoms with Crippen molar-refractivity contribution in [2.45, 2.75) is 18.9 Å². The molecule has 5 heteroatoms. The monoisotopic (exact) mass is 236 g/mol. The van der Waals surface area contributed by atoms with Crippen molar-refractivity contribution >= 4 is 11.7 Å². The number of nitrogens with one attached hydrogen (secondary N) is 1. The molecule has 0 aromatic heterocycles. The van der Waals surface area contributed by atoms with Gasteiger partial charge in [0.2, 0.25) is 0 Å². The fourth-order valence-corrected chi connectivity index (χ4v) is 1.92. The molecule has 2 rings (SSSR count). The van der Waals surface area contributed by atoms with E-state index in [4.69, 9.17) is 15.6 Å². The van der Waals surface area contributed by atoms with Gasteiger partial charge < -0.3 is 20.9 Å². The van der Waals surface area contributed by atoms with Crippen molar-refractivity contribution in [3.05, 3.63) is 23.8 Å². The van der Waals surface area contributed by atoms with Crippen LogP contribution in [0.3, 0.4) is 0 Å². The van der Waals surface area contributed by atoms with Crippen LogP contribution in [0, 0.1) is 0 Å². The van der Waals surface area contributed by atoms with E-state index in [0.717, 1.165) is 25.9 Å². The van der Waals surface area contributed by atoms with Crippen LogP contribution in [0.2, 0.25) is 0 Å². The fraction of sp³-hybridized carbons (Fsp3) is 0.417. The molecule has 0 spiro atoms. The maximum absolute atomic E-state index is 11.1. The highest BCUT2D eigenvalue weighted by Crippen LogP contribution is 2.23. The van der Waals surface area contributed by atoms with Crippen molar-refractivity contribution in [2.75, 3.05) is 18.8 Å². The van der Waals surface area contributed by atoms with Gasteiger partial charge in [-0.1, -0.05) is 0 Å². The van der Waals surface area contributed by atoms with Crippen molar-refractivity contribution < 1.29 is 14.6 Å². The Labute approximate surface area is 99.6 Å². The zero-order valence-electron chi connectivity index (χ0n) is 9.48. The molecule has 5 nitrogen and oxygen atoms in total. The summed E-state index contributed by atoms with van der Waals surface area (Å²) in [7, 11) is 0. The number of aromatic carboxylic acids is 1. The molecule has 1 heterocycles. The molecule has 0 amide bonds. The SMILES string of the molecule is Nc1ccc(OC2CCCNC2)c(C(=O)O)c1. The van der Waals surface area contributed by atoms with Gasteiger partial charge in [0.25, 0.3) is 0 Å². The minimum Gasteiger partial charge on any atom is -0.488 e. The third-order valence-corrected chi connectivity index (χ3v) is 2.78. The molecule has 1 unspecified atom stereocenters. The summed E-state index contributed by atoms with van der Waals surface area (Å²) >= 11 is 0. The first-order chi connectivity index (χ1) is 8.16. The lowest BCUT2D eigenvalue weighted by Gasteiger charge is -2.24. The number of carboxylic acids is 1. The number of nitrogens with two attached hydrogens (primary N) is 1. The molecule has 1 aliphatic rings. The molecule has 1 saturated heterocycles. The number of carbonyl (C=O) groups is 1. The number of hydrogen-bond acceptors (Lipinski definition) is 4. The van der Waals surface area contributed by atoms with Crippen molar-refractivity contribution in [1.82, 2.24) is 5.32 Å². The number of carboxylic acid groups (broad SMARTS) is 1. The highest BCUT2D eigenvalue weighted by molar-refractivity contribution is 5.92. The van der Waals surface area contributed by atoms with Gasteiger partial charge in [0.05, 0.1) is 0 Å². The van der Waals surface area contributed by atoms with Crippen LogP contribution < -0.4 is 15.8 Å². The van der Waals surface area contributed by atoms with Crippen LogP contribution in [0.15, 0.2) is 18.2 Å². The zero-order chi connectivity index (χ0) is 12.3. The quantitative estimate of drug-likeness (QED) is 0.684. The molecule has 0 radical (unpaired) electrons. The number of ether oxygens (including phenoxy) is 1. The molecule has 1 aromatic carbocycles. The molecule has 0 bridgehead atoms. The number of benzene rings is 1. The van der Waals surface area contributed by atoms with Crippen LogP contribution in [0.4, 0.5) is 5.69 Å². The average Bonchev–Trinajstić information content (AvgIpc) is 2.32. The molecule has 92 valence electrons. The van der Waals surface area contributed by atoms with E-state index < -0.39 is 5.97 Å². The van der Waals surface area contributed by atoms with Crippen molar-refractivity contribution in [3.8, 4) is 5.75 Å². The summed E-state index contributed by atoms with van der Waals surface area (Å²) in [6.07, 6.45) is 2.02. The van der Waals surface area contributed by atoms with Crippen LogP contribution in [-0.2, 0) is 0 Å². The van der Waals surface area contributed by atoms with E-state index in [2.05, 4.69) is 5.32 Å². The Hall–Kier alpha value is -1.75. The van der Waals surface area contributed by atoms with Crippen LogP contribution in [-0.4, -0.2) is 30.3 Å². The Kier molecular flexibility index (Phi) is 3.49. The molecule has 1 aromatic rings. The highest BCUT2D eigenvalue weighted by atomic mass is 16.5. The Balaban J connectivity index is 2.16. The Morgan fingerprint density at radius 1 is 1.53 bits per heavy atom. The van der Waals surface area contributed by atoms with Gasteiger partial charge >= 0.3 is 5.97 Å². The van der Waals surface area contributed by atoms with Gasteiger partial charge in [-0.25, -0.2) is 4.79 Å². The largest absolute Gasteiger partial charge is 0.488 e. The first kappa shape index (κ1) is 11.7. The lowest BCUT2D eigenvalue weighted by molar-refractivity contribution is 0.0687. The van der Waals surface area contributed by atoms with Gasteiger partial charge in [-0.05, 0) is 37.6 Å². The lowest BCUT2D eigenvalue weighted by atomic mass is 10.1. The number of anilines is 1. The molecule has 0 aliphatic carbocycles. The van der Waals surface area contributed by atoms with Crippen molar-refractivity contribution in [1.29, 1.82) is 0 Å². The summed E-state index contributed by atoms with van der Waals surface area (Å²) in [5.41, 5.74) is 6.12. The number of piperidine rings is 1. The Bertz CT molecular complexity index is 414. The maximum atomic E-state index is 11.1. The topological polar surface area (TPSA) is 84.6 Å². The van der Waals surface area contributed by atoms with E-state index in [1.807, 2.05) is 0 Å². The predicted molar refractivity (Wildman–Crippen MR) is 64.3 cm³/mol. The van der Waals surface area contributed by atoms with Crippen LogP contribution in [0.25, 0.3) is 0 Å². The Morgan fingerprint density at radius 3 is 3.00 bits per heavy atom. The van der Waals surface area contributed by atoms with Crippen LogP contribution in [0.5, 0.6) is 5.75 Å². The minimum atomic E-state index is -1.02. The second-order valence-electron chi connectivity index (χ2n) is 4.15. The van der Waals surface area contributed by atoms with E-state index in [0.29, 0.717) is 11.4 Å². The molecule has 1 atom stereocenters. The van der Waals surface area contributed by atoms with Crippen molar-refractivity contribution in [2.24, 2.45) is 0 Å². The fourth-order valence-electron chi connectivity index (χ4n) is 1.92. The van der Waals surface area contributed by atoms with Crippen molar-refractivity contribution in [3.63, 3.8) is 0 Å². The maximum Gasteiger partial charge on any atom is 0.339 e. The molecule has 17 heavy (non-hydrogen) atoms. The normalized spacial score (nSPS) is 19.9. The first-order valence-corrected chi connectivity index (χ1v) is 5.67. The summed E-state index contributed by atoms with van der Waals surface area (Å²) in [6.45, 7) is 1.75. The second-order valence-corrected chi connectivity index (χ2v) is 4.15. The smallest absolute Gasteiger partial charge is 0.339 e. The van der Waals surface area contributed by atoms with E-state index in [1.54, 1.807) is 12.1 Å². The molecular weight excluding hydrogens is 220 g/mol. The number of rotatable bonds is 3. The zero-order valence-corrected chi connectivity index (χ0v) is 9.48. The number of nitrogen functional groups attached to an aromatic ring is 1. The molecular formula is C12H16N2O3. The minimum absolute atomic E-state index is 0.0328. The van der Waals surface area contributed by atoms with E-state index in [9.17, 15) is 4.79 Å². The third kappa shape index (κ3) is 2.88. The molecule has 1 fully saturated rings. The molecule has 4 N–H and O–H groups in total. The summed E-state index contributed by atoms with van der Waals surface area (Å²) < 4.78 is 5.70. The van der Waals surface area contributed by atoms with Gasteiger partial charge in [0, 0.05) is 12.2 Å². The molecule has 1 aliphatic heterocycles. The van der Waals surface area contributed by atoms with Gasteiger partial charge in [-0.2, -0.15) is 0 Å². The summed E-state index contributed by atoms with van der Waals surface area (Å²) in [5.74, 6) is -0.628. The van der Waals surface area contributed by atoms with Crippen LogP contribution in [0.1, 0.15) is 23.2 Å². The van der Waals surface area contributed by atoms with Gasteiger partial charge in [-0.3, -0.25) is 0 Å². The van der Waals surface area contributed by atoms with E-state index in [1.165, 1.54) is 6.07 Å². The number of hydrogen-bond donors (Lipinski definition) is 3. The van der Waals surface area contributed by atoms with E-state index in [-0.39, 0.29) is 11.7 Å². The standard InChI is InChI=1S/C12H16N2O3/c13-8-3-4-11(10(6-8)12(15)16)17-9-2-1-5-14-7-9/h3-4,6,9,14H,1-2,5,7,13H2,(H,15,16). The predicted octanol–water partition coefficient (Wildman–Crippen LogP) is 1.10. The van der Waals surface area contributed by atoms with Crippen LogP contribution >= 0.6 is 0 Å². The summed E-state index contributed by atoms with van der Waals surface area (Å²) in [5, 5.41) is 12.3. The average molecular weight is 236 g/mol.